The van der Waals surface area contributed by atoms with Crippen molar-refractivity contribution in [3.05, 3.63) is 65.7 Å². The zero-order valence-electron chi connectivity index (χ0n) is 18.9. The number of hydrazone groups is 1. The molecule has 2 aromatic carbocycles. The highest BCUT2D eigenvalue weighted by atomic mass is 16.6. The highest BCUT2D eigenvalue weighted by molar-refractivity contribution is 5.89. The zero-order chi connectivity index (χ0) is 23.0. The van der Waals surface area contributed by atoms with E-state index in [0.29, 0.717) is 23.5 Å². The number of rotatable bonds is 13. The van der Waals surface area contributed by atoms with Crippen LogP contribution in [0.25, 0.3) is 6.08 Å². The van der Waals surface area contributed by atoms with E-state index in [1.165, 1.54) is 45.1 Å². The van der Waals surface area contributed by atoms with Crippen molar-refractivity contribution in [3.63, 3.8) is 0 Å². The van der Waals surface area contributed by atoms with Gasteiger partial charge in [0.05, 0.1) is 13.3 Å². The standard InChI is InChI=1S/C26H32N2O4/c1-3-4-5-6-7-11-14-25(29)28-27-20-22-15-17-23(24(19-22)31-2)32-26(30)18-16-21-12-9-8-10-13-21/h8-10,12-13,15-20H,3-7,11,14H2,1-2H3,(H,28,29)/b18-16+,27-20-. The first-order valence-corrected chi connectivity index (χ1v) is 11.1. The SMILES string of the molecule is CCCCCCCCC(=O)N/N=C\c1ccc(OC(=O)/C=C/c2ccccc2)c(OC)c1. The van der Waals surface area contributed by atoms with Crippen LogP contribution in [-0.2, 0) is 9.59 Å². The van der Waals surface area contributed by atoms with Gasteiger partial charge in [-0.3, -0.25) is 4.79 Å². The monoisotopic (exact) mass is 436 g/mol. The van der Waals surface area contributed by atoms with Crippen molar-refractivity contribution < 1.29 is 19.1 Å². The predicted octanol–water partition coefficient (Wildman–Crippen LogP) is 5.51. The van der Waals surface area contributed by atoms with Crippen molar-refractivity contribution >= 4 is 24.2 Å². The summed E-state index contributed by atoms with van der Waals surface area (Å²) in [5.74, 6) is 0.100. The van der Waals surface area contributed by atoms with E-state index < -0.39 is 5.97 Å². The van der Waals surface area contributed by atoms with E-state index >= 15 is 0 Å². The number of carbonyl (C=O) groups excluding carboxylic acids is 2. The number of esters is 1. The summed E-state index contributed by atoms with van der Waals surface area (Å²) in [5.41, 5.74) is 4.16. The lowest BCUT2D eigenvalue weighted by Gasteiger charge is -2.08. The second-order valence-corrected chi connectivity index (χ2v) is 7.39. The van der Waals surface area contributed by atoms with E-state index in [2.05, 4.69) is 17.5 Å². The van der Waals surface area contributed by atoms with Gasteiger partial charge in [0.15, 0.2) is 11.5 Å². The Morgan fingerprint density at radius 2 is 1.69 bits per heavy atom. The molecule has 1 amide bonds. The van der Waals surface area contributed by atoms with Crippen LogP contribution in [-0.4, -0.2) is 25.2 Å². The van der Waals surface area contributed by atoms with Crippen LogP contribution in [0, 0.1) is 0 Å². The minimum Gasteiger partial charge on any atom is -0.493 e. The molecule has 32 heavy (non-hydrogen) atoms. The van der Waals surface area contributed by atoms with Gasteiger partial charge in [-0.2, -0.15) is 5.10 Å². The Hall–Kier alpha value is -3.41. The highest BCUT2D eigenvalue weighted by Crippen LogP contribution is 2.27. The molecule has 0 heterocycles. The molecule has 0 radical (unpaired) electrons. The van der Waals surface area contributed by atoms with Gasteiger partial charge in [0, 0.05) is 12.5 Å². The van der Waals surface area contributed by atoms with Crippen LogP contribution < -0.4 is 14.9 Å². The van der Waals surface area contributed by atoms with Gasteiger partial charge in [-0.25, -0.2) is 10.2 Å². The molecule has 2 rings (SSSR count). The normalized spacial score (nSPS) is 11.1. The number of carbonyl (C=O) groups is 2. The molecule has 0 unspecified atom stereocenters. The molecule has 1 N–H and O–H groups in total. The fourth-order valence-electron chi connectivity index (χ4n) is 3.02. The van der Waals surface area contributed by atoms with Gasteiger partial charge in [-0.15, -0.1) is 0 Å². The highest BCUT2D eigenvalue weighted by Gasteiger charge is 2.09. The first kappa shape index (κ1) is 24.9. The molecule has 0 aliphatic rings. The maximum Gasteiger partial charge on any atom is 0.336 e. The number of methoxy groups -OCH3 is 1. The number of ether oxygens (including phenoxy) is 2. The molecule has 0 spiro atoms. The third-order valence-corrected chi connectivity index (χ3v) is 4.77. The lowest BCUT2D eigenvalue weighted by atomic mass is 10.1. The molecular formula is C26H32N2O4. The fourth-order valence-corrected chi connectivity index (χ4v) is 3.02. The fraction of sp³-hybridized carbons (Fsp3) is 0.346. The van der Waals surface area contributed by atoms with Crippen molar-refractivity contribution in [1.29, 1.82) is 0 Å². The molecular weight excluding hydrogens is 404 g/mol. The summed E-state index contributed by atoms with van der Waals surface area (Å²) in [6.07, 6.45) is 11.9. The molecule has 0 atom stereocenters. The molecule has 2 aromatic rings. The second-order valence-electron chi connectivity index (χ2n) is 7.39. The van der Waals surface area contributed by atoms with Crippen LogP contribution >= 0.6 is 0 Å². The van der Waals surface area contributed by atoms with E-state index in [4.69, 9.17) is 9.47 Å². The number of amides is 1. The van der Waals surface area contributed by atoms with Gasteiger partial charge in [0.1, 0.15) is 0 Å². The molecule has 6 heteroatoms. The largest absolute Gasteiger partial charge is 0.493 e. The van der Waals surface area contributed by atoms with Crippen molar-refractivity contribution in [3.8, 4) is 11.5 Å². The maximum absolute atomic E-state index is 12.1. The van der Waals surface area contributed by atoms with E-state index in [0.717, 1.165) is 18.4 Å². The molecule has 0 fully saturated rings. The molecule has 0 aliphatic heterocycles. The van der Waals surface area contributed by atoms with Gasteiger partial charge < -0.3 is 9.47 Å². The summed E-state index contributed by atoms with van der Waals surface area (Å²) >= 11 is 0. The number of benzene rings is 2. The van der Waals surface area contributed by atoms with Crippen LogP contribution in [0.3, 0.4) is 0 Å². The molecule has 0 bridgehead atoms. The zero-order valence-corrected chi connectivity index (χ0v) is 18.9. The third-order valence-electron chi connectivity index (χ3n) is 4.77. The van der Waals surface area contributed by atoms with Crippen LogP contribution in [0.1, 0.15) is 63.0 Å². The minimum atomic E-state index is -0.504. The summed E-state index contributed by atoms with van der Waals surface area (Å²) in [4.78, 5) is 24.0. The van der Waals surface area contributed by atoms with Crippen LogP contribution in [0.15, 0.2) is 59.7 Å². The Bertz CT molecular complexity index is 907. The summed E-state index contributed by atoms with van der Waals surface area (Å²) in [6, 6.07) is 14.5. The predicted molar refractivity (Wildman–Crippen MR) is 128 cm³/mol. The van der Waals surface area contributed by atoms with Crippen molar-refractivity contribution in [1.82, 2.24) is 5.43 Å². The van der Waals surface area contributed by atoms with Crippen LogP contribution in [0.4, 0.5) is 0 Å². The molecule has 6 nitrogen and oxygen atoms in total. The topological polar surface area (TPSA) is 77.0 Å². The van der Waals surface area contributed by atoms with E-state index in [9.17, 15) is 9.59 Å². The summed E-state index contributed by atoms with van der Waals surface area (Å²) in [5, 5.41) is 4.00. The van der Waals surface area contributed by atoms with E-state index in [-0.39, 0.29) is 5.91 Å². The first-order chi connectivity index (χ1) is 15.6. The molecule has 0 saturated carbocycles. The quantitative estimate of drug-likeness (QED) is 0.112. The van der Waals surface area contributed by atoms with E-state index in [1.54, 1.807) is 24.3 Å². The van der Waals surface area contributed by atoms with Gasteiger partial charge in [-0.1, -0.05) is 69.4 Å². The Morgan fingerprint density at radius 1 is 0.938 bits per heavy atom. The van der Waals surface area contributed by atoms with Gasteiger partial charge in [-0.05, 0) is 41.8 Å². The van der Waals surface area contributed by atoms with E-state index in [1.807, 2.05) is 30.3 Å². The average molecular weight is 437 g/mol. The number of hydrogen-bond donors (Lipinski definition) is 1. The lowest BCUT2D eigenvalue weighted by molar-refractivity contribution is -0.129. The Labute approximate surface area is 190 Å². The smallest absolute Gasteiger partial charge is 0.336 e. The molecule has 0 aromatic heterocycles. The summed E-state index contributed by atoms with van der Waals surface area (Å²) in [7, 11) is 1.50. The summed E-state index contributed by atoms with van der Waals surface area (Å²) < 4.78 is 10.7. The maximum atomic E-state index is 12.1. The van der Waals surface area contributed by atoms with Crippen molar-refractivity contribution in [2.45, 2.75) is 51.9 Å². The minimum absolute atomic E-state index is 0.0977. The number of hydrogen-bond acceptors (Lipinski definition) is 5. The third kappa shape index (κ3) is 9.60. The van der Waals surface area contributed by atoms with Crippen LogP contribution in [0.2, 0.25) is 0 Å². The Morgan fingerprint density at radius 3 is 2.44 bits per heavy atom. The Balaban J connectivity index is 1.82. The molecule has 0 aliphatic carbocycles. The summed E-state index contributed by atoms with van der Waals surface area (Å²) in [6.45, 7) is 2.19. The van der Waals surface area contributed by atoms with Crippen LogP contribution in [0.5, 0.6) is 11.5 Å². The van der Waals surface area contributed by atoms with Gasteiger partial charge in [0.25, 0.3) is 0 Å². The molecule has 170 valence electrons. The average Bonchev–Trinajstić information content (AvgIpc) is 2.81. The Kier molecular flexibility index (Phi) is 11.3. The number of nitrogens with one attached hydrogen (secondary N) is 1. The number of unbranched alkanes of at least 4 members (excludes halogenated alkanes) is 5. The lowest BCUT2D eigenvalue weighted by Crippen LogP contribution is -2.16. The first-order valence-electron chi connectivity index (χ1n) is 11.1. The van der Waals surface area contributed by atoms with Gasteiger partial charge in [0.2, 0.25) is 5.91 Å². The van der Waals surface area contributed by atoms with Crippen molar-refractivity contribution in [2.75, 3.05) is 7.11 Å². The second kappa shape index (κ2) is 14.6. The van der Waals surface area contributed by atoms with Gasteiger partial charge >= 0.3 is 5.97 Å². The van der Waals surface area contributed by atoms with Crippen molar-refractivity contribution in [2.24, 2.45) is 5.10 Å². The molecule has 0 saturated heterocycles. The number of nitrogens with zero attached hydrogens (tertiary/aromatic N) is 1.